The van der Waals surface area contributed by atoms with E-state index in [4.69, 9.17) is 4.74 Å². The van der Waals surface area contributed by atoms with Gasteiger partial charge in [0.05, 0.1) is 7.11 Å². The summed E-state index contributed by atoms with van der Waals surface area (Å²) in [7, 11) is 1.41. The molecule has 2 N–H and O–H groups in total. The van der Waals surface area contributed by atoms with E-state index in [9.17, 15) is 4.79 Å². The molecule has 0 spiro atoms. The van der Waals surface area contributed by atoms with E-state index in [0.717, 1.165) is 25.2 Å². The van der Waals surface area contributed by atoms with E-state index in [1.807, 2.05) is 19.9 Å². The first kappa shape index (κ1) is 15.8. The number of anilines is 1. The third-order valence-electron chi connectivity index (χ3n) is 3.25. The Kier molecular flexibility index (Phi) is 5.20. The minimum absolute atomic E-state index is 0. The molecule has 19 heavy (non-hydrogen) atoms. The quantitative estimate of drug-likeness (QED) is 0.835. The zero-order chi connectivity index (χ0) is 13.2. The van der Waals surface area contributed by atoms with Crippen LogP contribution in [0.5, 0.6) is 0 Å². The minimum Gasteiger partial charge on any atom is -0.467 e. The van der Waals surface area contributed by atoms with E-state index in [0.29, 0.717) is 0 Å². The summed E-state index contributed by atoms with van der Waals surface area (Å²) in [5.74, 6) is -0.262. The lowest BCUT2D eigenvalue weighted by Crippen LogP contribution is -2.41. The average molecular weight is 285 g/mol. The van der Waals surface area contributed by atoms with Gasteiger partial charge in [0.2, 0.25) is 0 Å². The Morgan fingerprint density at radius 1 is 1.37 bits per heavy atom. The molecule has 1 aliphatic heterocycles. The highest BCUT2D eigenvalue weighted by molar-refractivity contribution is 5.85. The topological polar surface area (TPSA) is 50.4 Å². The number of carbonyl (C=O) groups is 1. The van der Waals surface area contributed by atoms with Crippen LogP contribution in [-0.4, -0.2) is 25.2 Å². The second-order valence-corrected chi connectivity index (χ2v) is 5.15. The van der Waals surface area contributed by atoms with Crippen molar-refractivity contribution in [1.29, 1.82) is 0 Å². The zero-order valence-electron chi connectivity index (χ0n) is 11.6. The van der Waals surface area contributed by atoms with E-state index in [1.165, 1.54) is 18.2 Å². The van der Waals surface area contributed by atoms with Crippen LogP contribution in [0, 0.1) is 0 Å². The van der Waals surface area contributed by atoms with Gasteiger partial charge in [-0.15, -0.1) is 12.4 Å². The third kappa shape index (κ3) is 3.61. The van der Waals surface area contributed by atoms with Crippen molar-refractivity contribution in [2.24, 2.45) is 0 Å². The van der Waals surface area contributed by atoms with Crippen LogP contribution in [-0.2, 0) is 22.5 Å². The summed E-state index contributed by atoms with van der Waals surface area (Å²) in [5, 5.41) is 6.57. The maximum Gasteiger partial charge on any atom is 0.330 e. The standard InChI is InChI=1S/C14H20N2O2.ClH/c1-14(2,13(17)18-3)16-12-5-4-11-9-15-7-6-10(11)8-12;/h4-5,8,15-16H,6-7,9H2,1-3H3;1H. The summed E-state index contributed by atoms with van der Waals surface area (Å²) < 4.78 is 4.79. The number of benzene rings is 1. The number of carbonyl (C=O) groups excluding carboxylic acids is 1. The molecule has 106 valence electrons. The second-order valence-electron chi connectivity index (χ2n) is 5.15. The van der Waals surface area contributed by atoms with Crippen molar-refractivity contribution in [2.45, 2.75) is 32.4 Å². The van der Waals surface area contributed by atoms with Crippen LogP contribution < -0.4 is 10.6 Å². The Bertz CT molecular complexity index is 461. The fraction of sp³-hybridized carbons (Fsp3) is 0.500. The molecule has 0 saturated heterocycles. The molecular weight excluding hydrogens is 264 g/mol. The summed E-state index contributed by atoms with van der Waals surface area (Å²) in [4.78, 5) is 11.6. The average Bonchev–Trinajstić information content (AvgIpc) is 2.37. The molecule has 5 heteroatoms. The van der Waals surface area contributed by atoms with Gasteiger partial charge in [-0.05, 0) is 50.1 Å². The number of hydrogen-bond acceptors (Lipinski definition) is 4. The van der Waals surface area contributed by atoms with Gasteiger partial charge in [0.15, 0.2) is 0 Å². The molecule has 0 saturated carbocycles. The largest absolute Gasteiger partial charge is 0.467 e. The highest BCUT2D eigenvalue weighted by Gasteiger charge is 2.28. The van der Waals surface area contributed by atoms with Crippen molar-refractivity contribution in [1.82, 2.24) is 5.32 Å². The molecule has 4 nitrogen and oxygen atoms in total. The summed E-state index contributed by atoms with van der Waals surface area (Å²) in [6.07, 6.45) is 1.03. The van der Waals surface area contributed by atoms with Crippen molar-refractivity contribution in [3.05, 3.63) is 29.3 Å². The van der Waals surface area contributed by atoms with Crippen molar-refractivity contribution < 1.29 is 9.53 Å². The maximum absolute atomic E-state index is 11.6. The maximum atomic E-state index is 11.6. The number of ether oxygens (including phenoxy) is 1. The fourth-order valence-corrected chi connectivity index (χ4v) is 2.22. The number of halogens is 1. The molecule has 0 aliphatic carbocycles. The second kappa shape index (κ2) is 6.26. The van der Waals surface area contributed by atoms with Gasteiger partial charge >= 0.3 is 5.97 Å². The van der Waals surface area contributed by atoms with Gasteiger partial charge in [0.25, 0.3) is 0 Å². The molecule has 0 amide bonds. The summed E-state index contributed by atoms with van der Waals surface area (Å²) in [6.45, 7) is 5.58. The lowest BCUT2D eigenvalue weighted by molar-refractivity contribution is -0.144. The van der Waals surface area contributed by atoms with E-state index in [2.05, 4.69) is 22.8 Å². The van der Waals surface area contributed by atoms with Gasteiger partial charge in [-0.1, -0.05) is 6.07 Å². The smallest absolute Gasteiger partial charge is 0.330 e. The Labute approximate surface area is 120 Å². The van der Waals surface area contributed by atoms with Gasteiger partial charge in [-0.25, -0.2) is 4.79 Å². The Hall–Kier alpha value is -1.26. The third-order valence-corrected chi connectivity index (χ3v) is 3.25. The molecular formula is C14H21ClN2O2. The molecule has 0 bridgehead atoms. The van der Waals surface area contributed by atoms with Crippen LogP contribution in [0.2, 0.25) is 0 Å². The highest BCUT2D eigenvalue weighted by Crippen LogP contribution is 2.22. The Balaban J connectivity index is 0.00000180. The van der Waals surface area contributed by atoms with Crippen LogP contribution in [0.3, 0.4) is 0 Å². The van der Waals surface area contributed by atoms with Crippen molar-refractivity contribution in [3.63, 3.8) is 0 Å². The van der Waals surface area contributed by atoms with Crippen LogP contribution in [0.15, 0.2) is 18.2 Å². The summed E-state index contributed by atoms with van der Waals surface area (Å²) >= 11 is 0. The lowest BCUT2D eigenvalue weighted by atomic mass is 9.99. The number of rotatable bonds is 3. The van der Waals surface area contributed by atoms with Crippen LogP contribution in [0.4, 0.5) is 5.69 Å². The molecule has 0 atom stereocenters. The summed E-state index contributed by atoms with van der Waals surface area (Å²) in [6, 6.07) is 6.24. The van der Waals surface area contributed by atoms with Crippen molar-refractivity contribution >= 4 is 24.1 Å². The first-order valence-corrected chi connectivity index (χ1v) is 6.22. The van der Waals surface area contributed by atoms with E-state index in [1.54, 1.807) is 0 Å². The van der Waals surface area contributed by atoms with E-state index in [-0.39, 0.29) is 18.4 Å². The first-order chi connectivity index (χ1) is 8.53. The Morgan fingerprint density at radius 3 is 2.79 bits per heavy atom. The van der Waals surface area contributed by atoms with Gasteiger partial charge < -0.3 is 15.4 Å². The summed E-state index contributed by atoms with van der Waals surface area (Å²) in [5.41, 5.74) is 2.93. The normalized spacial score (nSPS) is 14.1. The molecule has 0 unspecified atom stereocenters. The zero-order valence-corrected chi connectivity index (χ0v) is 12.4. The van der Waals surface area contributed by atoms with Crippen LogP contribution in [0.25, 0.3) is 0 Å². The van der Waals surface area contributed by atoms with Gasteiger partial charge in [-0.2, -0.15) is 0 Å². The molecule has 1 heterocycles. The number of methoxy groups -OCH3 is 1. The number of esters is 1. The molecule has 1 aromatic carbocycles. The van der Waals surface area contributed by atoms with Gasteiger partial charge in [-0.3, -0.25) is 0 Å². The first-order valence-electron chi connectivity index (χ1n) is 6.22. The van der Waals surface area contributed by atoms with Gasteiger partial charge in [0.1, 0.15) is 5.54 Å². The SMILES string of the molecule is COC(=O)C(C)(C)Nc1ccc2c(c1)CCNC2.Cl. The van der Waals surface area contributed by atoms with Gasteiger partial charge in [0, 0.05) is 12.2 Å². The molecule has 0 radical (unpaired) electrons. The van der Waals surface area contributed by atoms with E-state index < -0.39 is 5.54 Å². The lowest BCUT2D eigenvalue weighted by Gasteiger charge is -2.26. The monoisotopic (exact) mass is 284 g/mol. The number of nitrogens with one attached hydrogen (secondary N) is 2. The molecule has 0 aromatic heterocycles. The molecule has 1 aliphatic rings. The Morgan fingerprint density at radius 2 is 2.11 bits per heavy atom. The van der Waals surface area contributed by atoms with Crippen molar-refractivity contribution in [3.8, 4) is 0 Å². The predicted molar refractivity (Wildman–Crippen MR) is 78.8 cm³/mol. The highest BCUT2D eigenvalue weighted by atomic mass is 35.5. The number of hydrogen-bond donors (Lipinski definition) is 2. The molecule has 0 fully saturated rings. The number of fused-ring (bicyclic) bond motifs is 1. The minimum atomic E-state index is -0.712. The van der Waals surface area contributed by atoms with Crippen LogP contribution >= 0.6 is 12.4 Å². The fourth-order valence-electron chi connectivity index (χ4n) is 2.22. The molecule has 1 aromatic rings. The molecule has 2 rings (SSSR count). The van der Waals surface area contributed by atoms with Crippen molar-refractivity contribution in [2.75, 3.05) is 19.0 Å². The van der Waals surface area contributed by atoms with E-state index >= 15 is 0 Å². The van der Waals surface area contributed by atoms with Crippen LogP contribution in [0.1, 0.15) is 25.0 Å². The predicted octanol–water partition coefficient (Wildman–Crippen LogP) is 2.12.